The summed E-state index contributed by atoms with van der Waals surface area (Å²) < 4.78 is 35.6. The van der Waals surface area contributed by atoms with Gasteiger partial charge in [0, 0.05) is 78.6 Å². The Kier molecular flexibility index (Phi) is 19.0. The number of likely N-dealkylation sites (N-methyl/N-ethyl adjacent to an activating group) is 4. The Balaban J connectivity index is 1.04. The van der Waals surface area contributed by atoms with Gasteiger partial charge in [0.05, 0.1) is 26.4 Å². The lowest BCUT2D eigenvalue weighted by Crippen LogP contribution is -2.54. The number of anilines is 2. The molecule has 0 N–H and O–H groups in total. The number of cyclic esters (lactones) is 4. The van der Waals surface area contributed by atoms with Crippen LogP contribution in [0, 0.1) is 23.7 Å². The number of nitrogens with zero attached hydrogens (tertiary/aromatic N) is 6. The van der Waals surface area contributed by atoms with Crippen LogP contribution >= 0.6 is 0 Å². The number of carbonyl (C=O) groups excluding carboxylic acids is 8. The number of hydrogen-bond donors (Lipinski definition) is 0. The molecule has 80 heavy (non-hydrogen) atoms. The average Bonchev–Trinajstić information content (AvgIpc) is 4.21. The fourth-order valence-corrected chi connectivity index (χ4v) is 11.1. The van der Waals surface area contributed by atoms with Crippen molar-refractivity contribution >= 4 is 58.9 Å². The number of amides is 4. The van der Waals surface area contributed by atoms with E-state index in [0.717, 1.165) is 62.7 Å². The summed E-state index contributed by atoms with van der Waals surface area (Å²) in [6.45, 7) is 8.07. The molecule has 0 bridgehead atoms. The molecular weight excluding hydrogens is 1030 g/mol. The summed E-state index contributed by atoms with van der Waals surface area (Å²) in [7, 11) is 5.81. The first kappa shape index (κ1) is 58.4. The summed E-state index contributed by atoms with van der Waals surface area (Å²) >= 11 is 0. The van der Waals surface area contributed by atoms with E-state index in [0.29, 0.717) is 63.7 Å². The second kappa shape index (κ2) is 26.1. The minimum atomic E-state index is -1.46. The topological polar surface area (TPSA) is 211 Å². The number of ether oxygens (including phenoxy) is 6. The molecule has 3 heterocycles. The standard InChI is InChI=1S/C60H82N6O14/c1-37-53(67)61(3)49(33-41-11-12-41)59(73)79-52(36-44-17-21-46(22-18-44)66-25-29-76-30-26-66)56(70)64(6)48(32-40-9-10-40)58(72)78-38(2)54(68)62(4)50(34-42-13-14-42)60(74)80-51(55(69)63(5)47(57(71)77-37)31-39-7-8-39)35-43-15-19-45(20-16-43)65-23-27-75-28-24-65/h15-22,37-42,47-52H,7-14,23-36H2,1-6H3. The van der Waals surface area contributed by atoms with Crippen molar-refractivity contribution < 1.29 is 66.8 Å². The quantitative estimate of drug-likeness (QED) is 0.190. The maximum atomic E-state index is 15.0. The van der Waals surface area contributed by atoms with Crippen LogP contribution in [-0.4, -0.2) is 196 Å². The van der Waals surface area contributed by atoms with Crippen molar-refractivity contribution in [1.29, 1.82) is 0 Å². The maximum absolute atomic E-state index is 15.0. The van der Waals surface area contributed by atoms with Gasteiger partial charge in [0.15, 0.2) is 24.4 Å². The molecule has 20 heteroatoms. The van der Waals surface area contributed by atoms with E-state index in [1.165, 1.54) is 61.6 Å². The van der Waals surface area contributed by atoms with Crippen LogP contribution in [0.15, 0.2) is 48.5 Å². The third-order valence-electron chi connectivity index (χ3n) is 17.2. The van der Waals surface area contributed by atoms with Crippen LogP contribution in [-0.2, 0) is 79.6 Å². The molecule has 20 nitrogen and oxygen atoms in total. The zero-order valence-electron chi connectivity index (χ0n) is 47.5. The van der Waals surface area contributed by atoms with E-state index in [1.54, 1.807) is 0 Å². The van der Waals surface area contributed by atoms with Gasteiger partial charge in [0.1, 0.15) is 24.2 Å². The fourth-order valence-electron chi connectivity index (χ4n) is 11.1. The van der Waals surface area contributed by atoms with Crippen molar-refractivity contribution in [2.24, 2.45) is 23.7 Å². The number of morpholine rings is 2. The van der Waals surface area contributed by atoms with Crippen LogP contribution in [0.25, 0.3) is 0 Å². The molecule has 7 fully saturated rings. The lowest BCUT2D eigenvalue weighted by Gasteiger charge is -2.35. The molecule has 7 aliphatic rings. The number of carbonyl (C=O) groups is 8. The largest absolute Gasteiger partial charge is 0.451 e. The summed E-state index contributed by atoms with van der Waals surface area (Å²) in [5, 5.41) is 0. The zero-order valence-corrected chi connectivity index (χ0v) is 47.5. The van der Waals surface area contributed by atoms with Gasteiger partial charge in [0.2, 0.25) is 0 Å². The molecule has 3 aliphatic heterocycles. The minimum absolute atomic E-state index is 0.0693. The van der Waals surface area contributed by atoms with Gasteiger partial charge >= 0.3 is 23.9 Å². The van der Waals surface area contributed by atoms with Crippen LogP contribution in [0.4, 0.5) is 11.4 Å². The third kappa shape index (κ3) is 15.2. The third-order valence-corrected chi connectivity index (χ3v) is 17.2. The summed E-state index contributed by atoms with van der Waals surface area (Å²) in [6.07, 6.45) is 1.55. The van der Waals surface area contributed by atoms with Crippen molar-refractivity contribution in [1.82, 2.24) is 19.6 Å². The van der Waals surface area contributed by atoms with Crippen LogP contribution in [0.1, 0.15) is 102 Å². The number of benzene rings is 2. The van der Waals surface area contributed by atoms with Crippen molar-refractivity contribution in [2.75, 3.05) is 90.6 Å². The van der Waals surface area contributed by atoms with E-state index in [4.69, 9.17) is 28.4 Å². The summed E-state index contributed by atoms with van der Waals surface area (Å²) in [4.78, 5) is 127. The highest BCUT2D eigenvalue weighted by Crippen LogP contribution is 2.39. The first-order chi connectivity index (χ1) is 38.4. The Morgan fingerprint density at radius 1 is 0.375 bits per heavy atom. The van der Waals surface area contributed by atoms with E-state index in [1.807, 2.05) is 48.5 Å². The van der Waals surface area contributed by atoms with Gasteiger partial charge in [-0.25, -0.2) is 19.2 Å². The van der Waals surface area contributed by atoms with Crippen molar-refractivity contribution in [3.05, 3.63) is 59.7 Å². The molecule has 4 aliphatic carbocycles. The van der Waals surface area contributed by atoms with Gasteiger partial charge in [-0.3, -0.25) is 19.2 Å². The first-order valence-corrected chi connectivity index (χ1v) is 29.1. The van der Waals surface area contributed by atoms with Gasteiger partial charge in [-0.1, -0.05) is 75.6 Å². The second-order valence-electron chi connectivity index (χ2n) is 23.5. The van der Waals surface area contributed by atoms with Crippen LogP contribution < -0.4 is 9.80 Å². The van der Waals surface area contributed by atoms with E-state index < -0.39 is 96.1 Å². The monoisotopic (exact) mass is 1110 g/mol. The Bertz CT molecular complexity index is 2340. The smallest absolute Gasteiger partial charge is 0.329 e. The maximum Gasteiger partial charge on any atom is 0.329 e. The van der Waals surface area contributed by atoms with E-state index in [-0.39, 0.29) is 62.2 Å². The van der Waals surface area contributed by atoms with Crippen LogP contribution in [0.5, 0.6) is 0 Å². The van der Waals surface area contributed by atoms with E-state index in [2.05, 4.69) is 9.80 Å². The van der Waals surface area contributed by atoms with Crippen LogP contribution in [0.3, 0.4) is 0 Å². The molecule has 436 valence electrons. The summed E-state index contributed by atoms with van der Waals surface area (Å²) in [5.74, 6) is -5.73. The number of esters is 4. The molecule has 8 atom stereocenters. The number of hydrogen-bond acceptors (Lipinski definition) is 16. The Labute approximate surface area is 469 Å². The molecule has 9 rings (SSSR count). The summed E-state index contributed by atoms with van der Waals surface area (Å²) in [5.41, 5.74) is 3.28. The highest BCUT2D eigenvalue weighted by molar-refractivity contribution is 5.94. The van der Waals surface area contributed by atoms with Gasteiger partial charge in [0.25, 0.3) is 23.6 Å². The lowest BCUT2D eigenvalue weighted by atomic mass is 10.0. The first-order valence-electron chi connectivity index (χ1n) is 29.1. The second-order valence-corrected chi connectivity index (χ2v) is 23.5. The van der Waals surface area contributed by atoms with Gasteiger partial charge in [-0.05, 0) is 98.6 Å². The SMILES string of the molecule is CC1OC(=O)C(CC2CC2)N(C)C(=O)C(Cc2ccc(N3CCOCC3)cc2)OC(=O)C(CC2CC2)N(C)C(=O)C(C)OC(=O)C(CC2CC2)N(C)C(=O)C(Cc2ccc(N3CCOCC3)cc2)OC(=O)C(CC2CC2)N(C)C1=O. The molecule has 4 amide bonds. The van der Waals surface area contributed by atoms with Crippen molar-refractivity contribution in [3.63, 3.8) is 0 Å². The molecule has 0 radical (unpaired) electrons. The normalized spacial score (nSPS) is 29.0. The molecule has 2 aromatic carbocycles. The van der Waals surface area contributed by atoms with Gasteiger partial charge in [-0.2, -0.15) is 0 Å². The molecule has 2 aromatic rings. The van der Waals surface area contributed by atoms with E-state index >= 15 is 9.59 Å². The molecule has 8 unspecified atom stereocenters. The predicted molar refractivity (Wildman–Crippen MR) is 293 cm³/mol. The minimum Gasteiger partial charge on any atom is -0.451 e. The highest BCUT2D eigenvalue weighted by Gasteiger charge is 2.46. The van der Waals surface area contributed by atoms with Crippen molar-refractivity contribution in [2.45, 2.75) is 152 Å². The highest BCUT2D eigenvalue weighted by atomic mass is 16.6. The molecule has 3 saturated heterocycles. The molecule has 4 saturated carbocycles. The molecule has 0 spiro atoms. The van der Waals surface area contributed by atoms with E-state index in [9.17, 15) is 28.8 Å². The van der Waals surface area contributed by atoms with Gasteiger partial charge < -0.3 is 57.8 Å². The lowest BCUT2D eigenvalue weighted by molar-refractivity contribution is -0.176. The molecular formula is C60H82N6O14. The predicted octanol–water partition coefficient (Wildman–Crippen LogP) is 4.35. The van der Waals surface area contributed by atoms with Gasteiger partial charge in [-0.15, -0.1) is 0 Å². The summed E-state index contributed by atoms with van der Waals surface area (Å²) in [6, 6.07) is 10.5. The van der Waals surface area contributed by atoms with Crippen molar-refractivity contribution in [3.8, 4) is 0 Å². The van der Waals surface area contributed by atoms with Crippen LogP contribution in [0.2, 0.25) is 0 Å². The Hall–Kier alpha value is -6.28. The molecule has 0 aromatic heterocycles. The average molecular weight is 1110 g/mol. The Morgan fingerprint density at radius 2 is 0.637 bits per heavy atom. The number of rotatable bonds is 14. The fraction of sp³-hybridized carbons (Fsp3) is 0.667. The Morgan fingerprint density at radius 3 is 0.912 bits per heavy atom. The zero-order chi connectivity index (χ0) is 56.8.